The minimum absolute atomic E-state index is 0.0852. The van der Waals surface area contributed by atoms with E-state index < -0.39 is 6.17 Å². The third-order valence-electron chi connectivity index (χ3n) is 4.49. The summed E-state index contributed by atoms with van der Waals surface area (Å²) in [6.45, 7) is 8.02. The Morgan fingerprint density at radius 3 is 3.00 bits per heavy atom. The molecule has 0 saturated heterocycles. The molecular weight excluding hydrogens is 332 g/mol. The number of halogens is 2. The van der Waals surface area contributed by atoms with Crippen LogP contribution in [0.5, 0.6) is 0 Å². The monoisotopic (exact) mass is 353 g/mol. The molecule has 1 aliphatic heterocycles. The van der Waals surface area contributed by atoms with Gasteiger partial charge in [-0.05, 0) is 35.8 Å². The van der Waals surface area contributed by atoms with E-state index in [1.54, 1.807) is 24.4 Å². The van der Waals surface area contributed by atoms with Crippen LogP contribution in [-0.4, -0.2) is 30.8 Å². The maximum Gasteiger partial charge on any atom is 0.147 e. The van der Waals surface area contributed by atoms with Crippen LogP contribution < -0.4 is 5.32 Å². The first kappa shape index (κ1) is 18.0. The van der Waals surface area contributed by atoms with E-state index in [-0.39, 0.29) is 17.8 Å². The Hall–Kier alpha value is -2.82. The van der Waals surface area contributed by atoms with Crippen molar-refractivity contribution >= 4 is 12.1 Å². The molecule has 0 aromatic heterocycles. The number of nitrogens with zero attached hydrogens (tertiary/aromatic N) is 2. The van der Waals surface area contributed by atoms with Gasteiger partial charge in [0.05, 0.1) is 6.04 Å². The number of nitrogens with one attached hydrogen (secondary N) is 1. The molecule has 3 atom stereocenters. The molecule has 1 heterocycles. The van der Waals surface area contributed by atoms with E-state index in [0.29, 0.717) is 24.4 Å². The quantitative estimate of drug-likeness (QED) is 0.593. The summed E-state index contributed by atoms with van der Waals surface area (Å²) in [5.74, 6) is 0.260. The van der Waals surface area contributed by atoms with E-state index in [1.165, 1.54) is 24.4 Å². The molecule has 0 amide bonds. The standard InChI is InChI=1S/C21H21F2N3/c1-3-24-12-14(2)15-5-4-6-19(23)18(10-8-15)21-25-13-16-7-9-17(22)11-20(16)26-21/h3-4,6-12,16,19-20H,1-2,5,13H2,(H,25,26)/b6-4?,15-8+,18-10+,24-12?. The fourth-order valence-electron chi connectivity index (χ4n) is 3.03. The molecule has 0 aromatic rings. The zero-order valence-electron chi connectivity index (χ0n) is 14.4. The number of fused-ring (bicyclic) bond motifs is 1. The van der Waals surface area contributed by atoms with Gasteiger partial charge in [-0.1, -0.05) is 37.5 Å². The summed E-state index contributed by atoms with van der Waals surface area (Å²) in [6.07, 6.45) is 13.9. The fourth-order valence-corrected chi connectivity index (χ4v) is 3.03. The van der Waals surface area contributed by atoms with E-state index in [0.717, 1.165) is 11.1 Å². The second kappa shape index (κ2) is 8.04. The summed E-state index contributed by atoms with van der Waals surface area (Å²) in [5.41, 5.74) is 2.09. The summed E-state index contributed by atoms with van der Waals surface area (Å²) in [6, 6.07) is -0.215. The number of hydrogen-bond donors (Lipinski definition) is 1. The predicted octanol–water partition coefficient (Wildman–Crippen LogP) is 4.32. The van der Waals surface area contributed by atoms with Gasteiger partial charge in [-0.15, -0.1) is 0 Å². The molecule has 0 radical (unpaired) electrons. The van der Waals surface area contributed by atoms with Gasteiger partial charge >= 0.3 is 0 Å². The van der Waals surface area contributed by atoms with Crippen LogP contribution >= 0.6 is 0 Å². The van der Waals surface area contributed by atoms with Crippen LogP contribution in [0.1, 0.15) is 6.42 Å². The lowest BCUT2D eigenvalue weighted by atomic mass is 9.91. The lowest BCUT2D eigenvalue weighted by Gasteiger charge is -2.31. The second-order valence-electron chi connectivity index (χ2n) is 6.27. The van der Waals surface area contributed by atoms with Gasteiger partial charge in [-0.25, -0.2) is 8.78 Å². The van der Waals surface area contributed by atoms with Gasteiger partial charge < -0.3 is 5.32 Å². The van der Waals surface area contributed by atoms with Crippen LogP contribution in [0.15, 0.2) is 94.4 Å². The van der Waals surface area contributed by atoms with Crippen molar-refractivity contribution in [3.05, 3.63) is 84.4 Å². The molecule has 0 spiro atoms. The SMILES string of the molecule is C=CN=CC(=C)/C1=C/C=C(/C2=NCC3C=CC(F)=CC3N2)C(F)C=CC1. The predicted molar refractivity (Wildman–Crippen MR) is 104 cm³/mol. The second-order valence-corrected chi connectivity index (χ2v) is 6.27. The van der Waals surface area contributed by atoms with Crippen molar-refractivity contribution in [1.82, 2.24) is 5.32 Å². The molecule has 3 aliphatic rings. The first-order valence-electron chi connectivity index (χ1n) is 8.50. The lowest BCUT2D eigenvalue weighted by molar-refractivity contribution is 0.448. The van der Waals surface area contributed by atoms with E-state index >= 15 is 0 Å². The minimum atomic E-state index is -1.28. The van der Waals surface area contributed by atoms with E-state index in [9.17, 15) is 8.78 Å². The van der Waals surface area contributed by atoms with Gasteiger partial charge in [0.25, 0.3) is 0 Å². The van der Waals surface area contributed by atoms with E-state index in [1.807, 2.05) is 6.08 Å². The molecule has 0 bridgehead atoms. The van der Waals surface area contributed by atoms with Crippen LogP contribution in [0.3, 0.4) is 0 Å². The lowest BCUT2D eigenvalue weighted by Crippen LogP contribution is -2.46. The van der Waals surface area contributed by atoms with Gasteiger partial charge in [0.1, 0.15) is 17.8 Å². The highest BCUT2D eigenvalue weighted by molar-refractivity contribution is 6.00. The Bertz CT molecular complexity index is 809. The summed E-state index contributed by atoms with van der Waals surface area (Å²) in [4.78, 5) is 8.45. The normalized spacial score (nSPS) is 32.0. The maximum absolute atomic E-state index is 14.6. The minimum Gasteiger partial charge on any atom is -0.363 e. The molecule has 3 rings (SSSR count). The van der Waals surface area contributed by atoms with Crippen LogP contribution in [0.2, 0.25) is 0 Å². The smallest absolute Gasteiger partial charge is 0.147 e. The molecule has 3 nitrogen and oxygen atoms in total. The fraction of sp³-hybridized carbons (Fsp3) is 0.238. The van der Waals surface area contributed by atoms with Gasteiger partial charge in [-0.3, -0.25) is 9.98 Å². The molecule has 2 aliphatic carbocycles. The third kappa shape index (κ3) is 4.04. The van der Waals surface area contributed by atoms with Crippen molar-refractivity contribution in [2.75, 3.05) is 6.54 Å². The molecule has 1 N–H and O–H groups in total. The van der Waals surface area contributed by atoms with E-state index in [4.69, 9.17) is 0 Å². The Morgan fingerprint density at radius 2 is 2.19 bits per heavy atom. The number of hydrogen-bond acceptors (Lipinski definition) is 3. The molecule has 0 fully saturated rings. The van der Waals surface area contributed by atoms with Crippen molar-refractivity contribution in [2.24, 2.45) is 15.9 Å². The number of alkyl halides is 1. The van der Waals surface area contributed by atoms with Crippen LogP contribution in [0, 0.1) is 5.92 Å². The van der Waals surface area contributed by atoms with Crippen molar-refractivity contribution < 1.29 is 8.78 Å². The number of amidine groups is 1. The third-order valence-corrected chi connectivity index (χ3v) is 4.49. The Labute approximate surface area is 152 Å². The van der Waals surface area contributed by atoms with Crippen LogP contribution in [0.25, 0.3) is 0 Å². The number of aliphatic imine (C=N–C) groups is 2. The molecule has 0 aromatic carbocycles. The molecule has 3 unspecified atom stereocenters. The highest BCUT2D eigenvalue weighted by atomic mass is 19.1. The van der Waals surface area contributed by atoms with Crippen molar-refractivity contribution in [2.45, 2.75) is 18.6 Å². The van der Waals surface area contributed by atoms with Crippen molar-refractivity contribution in [1.29, 1.82) is 0 Å². The average Bonchev–Trinajstić information content (AvgIpc) is 2.62. The zero-order valence-corrected chi connectivity index (χ0v) is 14.4. The molecular formula is C21H21F2N3. The average molecular weight is 353 g/mol. The number of rotatable bonds is 4. The molecule has 26 heavy (non-hydrogen) atoms. The Balaban J connectivity index is 1.87. The van der Waals surface area contributed by atoms with Crippen LogP contribution in [0.4, 0.5) is 8.78 Å². The molecule has 0 saturated carbocycles. The summed E-state index contributed by atoms with van der Waals surface area (Å²) >= 11 is 0. The van der Waals surface area contributed by atoms with Crippen molar-refractivity contribution in [3.8, 4) is 0 Å². The van der Waals surface area contributed by atoms with Gasteiger partial charge in [-0.2, -0.15) is 0 Å². The summed E-state index contributed by atoms with van der Waals surface area (Å²) in [5, 5.41) is 3.16. The highest BCUT2D eigenvalue weighted by Gasteiger charge is 2.28. The van der Waals surface area contributed by atoms with Crippen molar-refractivity contribution in [3.63, 3.8) is 0 Å². The first-order chi connectivity index (χ1) is 12.6. The van der Waals surface area contributed by atoms with Gasteiger partial charge in [0.2, 0.25) is 0 Å². The highest BCUT2D eigenvalue weighted by Crippen LogP contribution is 2.25. The van der Waals surface area contributed by atoms with E-state index in [2.05, 4.69) is 28.5 Å². The molecule has 5 heteroatoms. The van der Waals surface area contributed by atoms with Gasteiger partial charge in [0, 0.05) is 30.5 Å². The zero-order chi connectivity index (χ0) is 18.5. The van der Waals surface area contributed by atoms with Gasteiger partial charge in [0.15, 0.2) is 0 Å². The Kier molecular flexibility index (Phi) is 5.56. The first-order valence-corrected chi connectivity index (χ1v) is 8.50. The summed E-state index contributed by atoms with van der Waals surface area (Å²) in [7, 11) is 0. The maximum atomic E-state index is 14.6. The largest absolute Gasteiger partial charge is 0.363 e. The number of allylic oxidation sites excluding steroid dienone is 8. The Morgan fingerprint density at radius 1 is 1.35 bits per heavy atom. The molecule has 134 valence electrons. The summed E-state index contributed by atoms with van der Waals surface area (Å²) < 4.78 is 28.2. The van der Waals surface area contributed by atoms with Crippen LogP contribution in [-0.2, 0) is 0 Å². The topological polar surface area (TPSA) is 36.8 Å².